The first-order chi connectivity index (χ1) is 12.9. The monoisotopic (exact) mass is 410 g/mol. The Kier molecular flexibility index (Phi) is 8.12. The molecule has 0 aliphatic heterocycles. The van der Waals surface area contributed by atoms with Crippen molar-refractivity contribution in [2.75, 3.05) is 27.7 Å². The molecule has 0 amide bonds. The molecule has 28 heavy (non-hydrogen) atoms. The quantitative estimate of drug-likeness (QED) is 0.321. The number of aromatic hydroxyl groups is 1. The van der Waals surface area contributed by atoms with E-state index < -0.39 is 18.0 Å². The van der Waals surface area contributed by atoms with Crippen molar-refractivity contribution in [1.29, 1.82) is 0 Å². The summed E-state index contributed by atoms with van der Waals surface area (Å²) in [5, 5.41) is 29.7. The van der Waals surface area contributed by atoms with Gasteiger partial charge in [0.05, 0.1) is 31.0 Å². The molecule has 10 nitrogen and oxygen atoms in total. The first-order valence-electron chi connectivity index (χ1n) is 7.91. The number of nitrogens with zero attached hydrogens (tertiary/aromatic N) is 3. The zero-order valence-corrected chi connectivity index (χ0v) is 16.4. The van der Waals surface area contributed by atoms with Crippen LogP contribution in [0.3, 0.4) is 0 Å². The lowest BCUT2D eigenvalue weighted by atomic mass is 10.3. The van der Waals surface area contributed by atoms with Crippen LogP contribution in [0, 0.1) is 20.2 Å². The van der Waals surface area contributed by atoms with Crippen LogP contribution in [0.1, 0.15) is 0 Å². The number of carbonyl (C=O) groups excluding carboxylic acids is 1. The molecule has 11 heteroatoms. The van der Waals surface area contributed by atoms with Crippen LogP contribution >= 0.6 is 8.15 Å². The largest absolute Gasteiger partial charge is 0.508 e. The molecule has 2 aromatic rings. The minimum absolute atomic E-state index is 0.0159. The minimum Gasteiger partial charge on any atom is -0.508 e. The van der Waals surface area contributed by atoms with Gasteiger partial charge in [-0.2, -0.15) is 0 Å². The van der Waals surface area contributed by atoms with Gasteiger partial charge in [0, 0.05) is 29.6 Å². The van der Waals surface area contributed by atoms with Crippen LogP contribution in [0.5, 0.6) is 5.75 Å². The van der Waals surface area contributed by atoms with E-state index in [2.05, 4.69) is 0 Å². The van der Waals surface area contributed by atoms with Crippen LogP contribution in [0.15, 0.2) is 48.5 Å². The summed E-state index contributed by atoms with van der Waals surface area (Å²) in [5.41, 5.74) is -0.314. The lowest BCUT2D eigenvalue weighted by molar-refractivity contribution is -0.861. The van der Waals surface area contributed by atoms with Gasteiger partial charge < -0.3 is 14.5 Å². The van der Waals surface area contributed by atoms with Crippen molar-refractivity contribution in [3.05, 3.63) is 68.8 Å². The Morgan fingerprint density at radius 3 is 1.68 bits per heavy atom. The third-order valence-electron chi connectivity index (χ3n) is 3.21. The SMILES string of the molecule is C[N+](C)(C)CC(=O)P(O)c1ccc([N+](=O)[O-])cc1.O=[N+]([O-])c1ccc(O)cc1. The second-order valence-electron chi connectivity index (χ2n) is 6.70. The highest BCUT2D eigenvalue weighted by Gasteiger charge is 2.24. The standard InChI is InChI=1S/C11H16N2O4P.C6H5NO3/c1-13(2,3)8-11(14)18(17)10-6-4-9(5-7-10)12(15)16;8-6-3-1-5(2-4-6)7(9)10/h4-7,17H,8H2,1-3H3;1-4,8H/q+1;. The zero-order valence-electron chi connectivity index (χ0n) is 15.6. The molecule has 2 rings (SSSR count). The number of nitro benzene ring substituents is 2. The maximum absolute atomic E-state index is 11.8. The number of carbonyl (C=O) groups is 1. The molecule has 2 aromatic carbocycles. The number of quaternary nitrogens is 1. The summed E-state index contributed by atoms with van der Waals surface area (Å²) in [4.78, 5) is 41.2. The molecule has 0 fully saturated rings. The third-order valence-corrected chi connectivity index (χ3v) is 4.61. The lowest BCUT2D eigenvalue weighted by Gasteiger charge is -2.23. The van der Waals surface area contributed by atoms with Gasteiger partial charge >= 0.3 is 0 Å². The Balaban J connectivity index is 0.000000330. The summed E-state index contributed by atoms with van der Waals surface area (Å²) < 4.78 is 0.436. The molecule has 1 unspecified atom stereocenters. The van der Waals surface area contributed by atoms with Gasteiger partial charge in [-0.3, -0.25) is 25.0 Å². The number of hydrogen-bond donors (Lipinski definition) is 2. The molecule has 0 aromatic heterocycles. The van der Waals surface area contributed by atoms with Gasteiger partial charge in [0.1, 0.15) is 20.4 Å². The predicted molar refractivity (Wildman–Crippen MR) is 105 cm³/mol. The lowest BCUT2D eigenvalue weighted by Crippen LogP contribution is -2.39. The number of non-ortho nitro benzene ring substituents is 2. The second kappa shape index (κ2) is 9.84. The number of likely N-dealkylation sites (N-methyl/N-ethyl adjacent to an activating group) is 1. The van der Waals surface area contributed by atoms with Crippen LogP contribution in [0.2, 0.25) is 0 Å². The molecule has 0 saturated carbocycles. The molecule has 2 N–H and O–H groups in total. The van der Waals surface area contributed by atoms with E-state index >= 15 is 0 Å². The maximum atomic E-state index is 11.8. The Morgan fingerprint density at radius 1 is 0.929 bits per heavy atom. The topological polar surface area (TPSA) is 144 Å². The number of phenolic OH excluding ortho intramolecular Hbond substituents is 1. The number of rotatable bonds is 6. The summed E-state index contributed by atoms with van der Waals surface area (Å²) >= 11 is 0. The number of phenols is 1. The normalized spacial score (nSPS) is 11.7. The van der Waals surface area contributed by atoms with E-state index in [0.29, 0.717) is 9.79 Å². The smallest absolute Gasteiger partial charge is 0.269 e. The molecule has 150 valence electrons. The average molecular weight is 410 g/mol. The Morgan fingerprint density at radius 2 is 1.32 bits per heavy atom. The molecular weight excluding hydrogens is 389 g/mol. The summed E-state index contributed by atoms with van der Waals surface area (Å²) in [7, 11) is 3.66. The van der Waals surface area contributed by atoms with Crippen molar-refractivity contribution in [3.8, 4) is 5.75 Å². The van der Waals surface area contributed by atoms with Crippen LogP contribution in [-0.2, 0) is 4.79 Å². The van der Waals surface area contributed by atoms with E-state index in [4.69, 9.17) is 5.11 Å². The minimum atomic E-state index is -1.91. The first kappa shape index (κ1) is 23.1. The molecule has 0 heterocycles. The van der Waals surface area contributed by atoms with E-state index in [1.807, 2.05) is 21.1 Å². The third kappa shape index (κ3) is 7.75. The average Bonchev–Trinajstić information content (AvgIpc) is 2.60. The van der Waals surface area contributed by atoms with Gasteiger partial charge in [-0.05, 0) is 24.3 Å². The fraction of sp³-hybridized carbons (Fsp3) is 0.235. The van der Waals surface area contributed by atoms with Crippen molar-refractivity contribution >= 4 is 30.4 Å². The van der Waals surface area contributed by atoms with E-state index in [9.17, 15) is 29.9 Å². The van der Waals surface area contributed by atoms with Crippen LogP contribution < -0.4 is 5.30 Å². The second-order valence-corrected chi connectivity index (χ2v) is 8.34. The van der Waals surface area contributed by atoms with E-state index in [-0.39, 0.29) is 29.2 Å². The number of nitro groups is 2. The molecule has 1 atom stereocenters. The Labute approximate surface area is 162 Å². The van der Waals surface area contributed by atoms with Crippen molar-refractivity contribution in [3.63, 3.8) is 0 Å². The first-order valence-corrected chi connectivity index (χ1v) is 9.20. The number of hydrogen-bond acceptors (Lipinski definition) is 7. The van der Waals surface area contributed by atoms with Gasteiger partial charge in [-0.15, -0.1) is 0 Å². The highest BCUT2D eigenvalue weighted by molar-refractivity contribution is 7.76. The fourth-order valence-corrected chi connectivity index (χ4v) is 3.18. The summed E-state index contributed by atoms with van der Waals surface area (Å²) in [6, 6.07) is 10.5. The molecular formula is C17H21N3O7P+. The highest BCUT2D eigenvalue weighted by atomic mass is 31.1. The number of benzene rings is 2. The zero-order chi connectivity index (χ0) is 21.5. The molecule has 0 spiro atoms. The predicted octanol–water partition coefficient (Wildman–Crippen LogP) is 2.14. The van der Waals surface area contributed by atoms with Crippen LogP contribution in [0.25, 0.3) is 0 Å². The molecule has 0 bridgehead atoms. The van der Waals surface area contributed by atoms with Gasteiger partial charge in [0.25, 0.3) is 11.4 Å². The van der Waals surface area contributed by atoms with Gasteiger partial charge in [0.15, 0.2) is 0 Å². The highest BCUT2D eigenvalue weighted by Crippen LogP contribution is 2.31. The summed E-state index contributed by atoms with van der Waals surface area (Å²) in [6.07, 6.45) is 0. The summed E-state index contributed by atoms with van der Waals surface area (Å²) in [6.45, 7) is 0.221. The van der Waals surface area contributed by atoms with Gasteiger partial charge in [-0.1, -0.05) is 0 Å². The van der Waals surface area contributed by atoms with Gasteiger partial charge in [-0.25, -0.2) is 0 Å². The Bertz CT molecular complexity index is 833. The molecule has 0 aliphatic rings. The Hall–Kier alpha value is -2.94. The molecule has 0 saturated heterocycles. The van der Waals surface area contributed by atoms with Crippen LogP contribution in [-0.4, -0.2) is 57.5 Å². The molecule has 0 aliphatic carbocycles. The van der Waals surface area contributed by atoms with E-state index in [0.717, 1.165) is 0 Å². The van der Waals surface area contributed by atoms with Crippen LogP contribution in [0.4, 0.5) is 11.4 Å². The maximum Gasteiger partial charge on any atom is 0.269 e. The van der Waals surface area contributed by atoms with Crippen molar-refractivity contribution < 1.29 is 29.1 Å². The van der Waals surface area contributed by atoms with E-state index in [1.54, 1.807) is 0 Å². The molecule has 0 radical (unpaired) electrons. The van der Waals surface area contributed by atoms with Gasteiger partial charge in [0.2, 0.25) is 5.52 Å². The summed E-state index contributed by atoms with van der Waals surface area (Å²) in [5.74, 6) is 0.0330. The van der Waals surface area contributed by atoms with Crippen molar-refractivity contribution in [1.82, 2.24) is 0 Å². The fourth-order valence-electron chi connectivity index (χ4n) is 1.91. The van der Waals surface area contributed by atoms with E-state index in [1.165, 1.54) is 48.5 Å². The van der Waals surface area contributed by atoms with Crippen molar-refractivity contribution in [2.24, 2.45) is 0 Å². The van der Waals surface area contributed by atoms with Crippen molar-refractivity contribution in [2.45, 2.75) is 0 Å².